The van der Waals surface area contributed by atoms with E-state index in [0.717, 1.165) is 30.3 Å². The number of benzene rings is 2. The molecule has 3 rings (SSSR count). The highest BCUT2D eigenvalue weighted by Crippen LogP contribution is 2.25. The summed E-state index contributed by atoms with van der Waals surface area (Å²) in [5.41, 5.74) is 4.74. The second-order valence-corrected chi connectivity index (χ2v) is 8.53. The van der Waals surface area contributed by atoms with Crippen LogP contribution in [0.4, 0.5) is 11.4 Å². The number of nitrogens with zero attached hydrogens (tertiary/aromatic N) is 1. The first kappa shape index (κ1) is 22.1. The summed E-state index contributed by atoms with van der Waals surface area (Å²) in [5, 5.41) is 7.05. The molecule has 1 aliphatic heterocycles. The monoisotopic (exact) mass is 425 g/mol. The van der Waals surface area contributed by atoms with Crippen molar-refractivity contribution < 1.29 is 9.53 Å². The van der Waals surface area contributed by atoms with E-state index < -0.39 is 0 Å². The van der Waals surface area contributed by atoms with Crippen molar-refractivity contribution in [3.63, 3.8) is 0 Å². The predicted octanol–water partition coefficient (Wildman–Crippen LogP) is 5.07. The van der Waals surface area contributed by atoms with Gasteiger partial charge in [-0.25, -0.2) is 4.79 Å². The van der Waals surface area contributed by atoms with Gasteiger partial charge >= 0.3 is 5.97 Å². The van der Waals surface area contributed by atoms with Crippen molar-refractivity contribution in [2.75, 3.05) is 30.4 Å². The van der Waals surface area contributed by atoms with Gasteiger partial charge in [-0.15, -0.1) is 0 Å². The van der Waals surface area contributed by atoms with Gasteiger partial charge in [-0.3, -0.25) is 0 Å². The van der Waals surface area contributed by atoms with E-state index in [4.69, 9.17) is 17.0 Å². The van der Waals surface area contributed by atoms with Crippen LogP contribution >= 0.6 is 12.2 Å². The van der Waals surface area contributed by atoms with Crippen LogP contribution in [0.15, 0.2) is 42.5 Å². The van der Waals surface area contributed by atoms with Crippen LogP contribution in [0.5, 0.6) is 0 Å². The standard InChI is InChI=1S/C24H31N3O2S/c1-16-6-5-13-27(15-16)21-11-9-19(10-12-21)18(3)25-24(30)26-22-14-20(23(28)29-4)8-7-17(22)2/h7-12,14,16,18H,5-6,13,15H2,1-4H3,(H2,25,26,30). The van der Waals surface area contributed by atoms with Crippen molar-refractivity contribution in [3.8, 4) is 0 Å². The second-order valence-electron chi connectivity index (χ2n) is 8.13. The number of anilines is 2. The van der Waals surface area contributed by atoms with Crippen LogP contribution in [0.3, 0.4) is 0 Å². The molecule has 5 nitrogen and oxygen atoms in total. The number of nitrogens with one attached hydrogen (secondary N) is 2. The Hall–Kier alpha value is -2.60. The maximum Gasteiger partial charge on any atom is 0.337 e. The van der Waals surface area contributed by atoms with Crippen molar-refractivity contribution in [2.24, 2.45) is 5.92 Å². The van der Waals surface area contributed by atoms with Crippen LogP contribution in [0.2, 0.25) is 0 Å². The van der Waals surface area contributed by atoms with Gasteiger partial charge < -0.3 is 20.3 Å². The Bertz CT molecular complexity index is 898. The lowest BCUT2D eigenvalue weighted by Gasteiger charge is -2.33. The SMILES string of the molecule is COC(=O)c1ccc(C)c(NC(=S)NC(C)c2ccc(N3CCCC(C)C3)cc2)c1. The molecule has 0 radical (unpaired) electrons. The molecule has 0 spiro atoms. The van der Waals surface area contributed by atoms with E-state index in [1.54, 1.807) is 12.1 Å². The summed E-state index contributed by atoms with van der Waals surface area (Å²) < 4.78 is 4.80. The number of carbonyl (C=O) groups excluding carboxylic acids is 1. The predicted molar refractivity (Wildman–Crippen MR) is 127 cm³/mol. The molecule has 30 heavy (non-hydrogen) atoms. The van der Waals surface area contributed by atoms with Gasteiger partial charge in [0.15, 0.2) is 5.11 Å². The number of rotatable bonds is 5. The number of piperidine rings is 1. The zero-order valence-corrected chi connectivity index (χ0v) is 19.0. The summed E-state index contributed by atoms with van der Waals surface area (Å²) in [6.07, 6.45) is 2.58. The average Bonchev–Trinajstić information content (AvgIpc) is 2.74. The Morgan fingerprint density at radius 2 is 1.97 bits per heavy atom. The summed E-state index contributed by atoms with van der Waals surface area (Å²) in [6, 6.07) is 14.2. The fourth-order valence-electron chi connectivity index (χ4n) is 3.84. The number of carbonyl (C=O) groups is 1. The van der Waals surface area contributed by atoms with Gasteiger partial charge in [-0.05, 0) is 80.2 Å². The van der Waals surface area contributed by atoms with E-state index >= 15 is 0 Å². The van der Waals surface area contributed by atoms with Gasteiger partial charge in [0.05, 0.1) is 18.7 Å². The zero-order valence-electron chi connectivity index (χ0n) is 18.2. The van der Waals surface area contributed by atoms with Crippen molar-refractivity contribution in [3.05, 3.63) is 59.2 Å². The van der Waals surface area contributed by atoms with E-state index in [2.05, 4.69) is 53.6 Å². The smallest absolute Gasteiger partial charge is 0.337 e. The van der Waals surface area contributed by atoms with E-state index in [1.807, 2.05) is 13.0 Å². The number of hydrogen-bond acceptors (Lipinski definition) is 4. The van der Waals surface area contributed by atoms with Crippen LogP contribution in [-0.2, 0) is 4.74 Å². The highest BCUT2D eigenvalue weighted by atomic mass is 32.1. The van der Waals surface area contributed by atoms with E-state index in [1.165, 1.54) is 31.2 Å². The fraction of sp³-hybridized carbons (Fsp3) is 0.417. The van der Waals surface area contributed by atoms with Gasteiger partial charge in [-0.1, -0.05) is 25.1 Å². The number of aryl methyl sites for hydroxylation is 1. The third-order valence-electron chi connectivity index (χ3n) is 5.67. The molecule has 6 heteroatoms. The van der Waals surface area contributed by atoms with E-state index in [0.29, 0.717) is 10.7 Å². The molecule has 1 fully saturated rings. The van der Waals surface area contributed by atoms with Crippen molar-refractivity contribution >= 4 is 34.7 Å². The molecule has 0 aromatic heterocycles. The van der Waals surface area contributed by atoms with Gasteiger partial charge in [0.1, 0.15) is 0 Å². The molecule has 2 aromatic rings. The number of thiocarbonyl (C=S) groups is 1. The Kier molecular flexibility index (Phi) is 7.32. The molecule has 2 atom stereocenters. The van der Waals surface area contributed by atoms with Crippen LogP contribution in [-0.4, -0.2) is 31.3 Å². The quantitative estimate of drug-likeness (QED) is 0.516. The maximum atomic E-state index is 11.8. The van der Waals surface area contributed by atoms with Crippen LogP contribution in [0, 0.1) is 12.8 Å². The fourth-order valence-corrected chi connectivity index (χ4v) is 4.12. The molecular weight excluding hydrogens is 394 g/mol. The molecule has 2 N–H and O–H groups in total. The Morgan fingerprint density at radius 1 is 1.23 bits per heavy atom. The minimum absolute atomic E-state index is 0.0587. The highest BCUT2D eigenvalue weighted by Gasteiger charge is 2.17. The van der Waals surface area contributed by atoms with Gasteiger partial charge in [-0.2, -0.15) is 0 Å². The molecule has 1 saturated heterocycles. The normalized spacial score (nSPS) is 17.2. The number of esters is 1. The Labute approximate surface area is 184 Å². The summed E-state index contributed by atoms with van der Waals surface area (Å²) in [6.45, 7) is 8.64. The van der Waals surface area contributed by atoms with Gasteiger partial charge in [0.25, 0.3) is 0 Å². The first-order valence-corrected chi connectivity index (χ1v) is 10.9. The van der Waals surface area contributed by atoms with Crippen LogP contribution in [0.25, 0.3) is 0 Å². The summed E-state index contributed by atoms with van der Waals surface area (Å²) in [4.78, 5) is 14.3. The van der Waals surface area contributed by atoms with Crippen molar-refractivity contribution in [2.45, 2.75) is 39.7 Å². The topological polar surface area (TPSA) is 53.6 Å². The molecule has 160 valence electrons. The lowest BCUT2D eigenvalue weighted by atomic mass is 9.99. The number of methoxy groups -OCH3 is 1. The molecule has 0 amide bonds. The molecule has 1 heterocycles. The lowest BCUT2D eigenvalue weighted by molar-refractivity contribution is 0.0601. The Morgan fingerprint density at radius 3 is 2.63 bits per heavy atom. The average molecular weight is 426 g/mol. The lowest BCUT2D eigenvalue weighted by Crippen LogP contribution is -2.34. The van der Waals surface area contributed by atoms with E-state index in [-0.39, 0.29) is 12.0 Å². The Balaban J connectivity index is 1.61. The molecule has 2 unspecified atom stereocenters. The molecule has 0 saturated carbocycles. The third-order valence-corrected chi connectivity index (χ3v) is 5.89. The van der Waals surface area contributed by atoms with Gasteiger partial charge in [0.2, 0.25) is 0 Å². The largest absolute Gasteiger partial charge is 0.465 e. The molecule has 0 bridgehead atoms. The van der Waals surface area contributed by atoms with Crippen LogP contribution in [0.1, 0.15) is 54.2 Å². The molecule has 2 aromatic carbocycles. The third kappa shape index (κ3) is 5.51. The van der Waals surface area contributed by atoms with E-state index in [9.17, 15) is 4.79 Å². The first-order chi connectivity index (χ1) is 14.4. The second kappa shape index (κ2) is 9.94. The first-order valence-electron chi connectivity index (χ1n) is 10.5. The van der Waals surface area contributed by atoms with Crippen LogP contribution < -0.4 is 15.5 Å². The molecule has 0 aliphatic carbocycles. The summed E-state index contributed by atoms with van der Waals surface area (Å²) in [7, 11) is 1.38. The summed E-state index contributed by atoms with van der Waals surface area (Å²) in [5.74, 6) is 0.386. The minimum Gasteiger partial charge on any atom is -0.465 e. The van der Waals surface area contributed by atoms with Crippen molar-refractivity contribution in [1.82, 2.24) is 5.32 Å². The number of ether oxygens (including phenoxy) is 1. The zero-order chi connectivity index (χ0) is 21.7. The summed E-state index contributed by atoms with van der Waals surface area (Å²) >= 11 is 5.50. The maximum absolute atomic E-state index is 11.8. The van der Waals surface area contributed by atoms with Gasteiger partial charge in [0, 0.05) is 24.5 Å². The number of hydrogen-bond donors (Lipinski definition) is 2. The van der Waals surface area contributed by atoms with Crippen molar-refractivity contribution in [1.29, 1.82) is 0 Å². The molecule has 1 aliphatic rings. The molecular formula is C24H31N3O2S. The minimum atomic E-state index is -0.367. The highest BCUT2D eigenvalue weighted by molar-refractivity contribution is 7.80.